The minimum Gasteiger partial charge on any atom is -0.493 e. The molecule has 3 rings (SSSR count). The molecule has 3 atom stereocenters. The van der Waals surface area contributed by atoms with E-state index in [2.05, 4.69) is 23.5 Å². The van der Waals surface area contributed by atoms with Gasteiger partial charge in [0.2, 0.25) is 0 Å². The molecule has 2 aliphatic rings. The molecule has 3 unspecified atom stereocenters. The van der Waals surface area contributed by atoms with E-state index in [1.165, 1.54) is 31.2 Å². The number of benzene rings is 1. The molecule has 2 aliphatic carbocycles. The monoisotopic (exact) mass is 328 g/mol. The number of hydrogen-bond acceptors (Lipinski definition) is 4. The van der Waals surface area contributed by atoms with Gasteiger partial charge in [-0.25, -0.2) is 0 Å². The SMILES string of the molecule is COc1ccc(CNCC2CC3CCC2C3)cc1OCCCC#N. The first kappa shape index (κ1) is 17.1. The highest BCUT2D eigenvalue weighted by atomic mass is 16.5. The fraction of sp³-hybridized carbons (Fsp3) is 0.650. The van der Waals surface area contributed by atoms with Crippen molar-refractivity contribution in [2.24, 2.45) is 17.8 Å². The van der Waals surface area contributed by atoms with Crippen LogP contribution in [0.25, 0.3) is 0 Å². The predicted molar refractivity (Wildman–Crippen MR) is 94.0 cm³/mol. The lowest BCUT2D eigenvalue weighted by Gasteiger charge is -2.22. The normalized spacial score (nSPS) is 24.8. The molecular weight excluding hydrogens is 300 g/mol. The molecule has 1 aromatic carbocycles. The summed E-state index contributed by atoms with van der Waals surface area (Å²) in [4.78, 5) is 0. The molecule has 1 N–H and O–H groups in total. The van der Waals surface area contributed by atoms with Gasteiger partial charge in [-0.1, -0.05) is 12.5 Å². The van der Waals surface area contributed by atoms with E-state index in [4.69, 9.17) is 14.7 Å². The summed E-state index contributed by atoms with van der Waals surface area (Å²) in [7, 11) is 1.66. The number of methoxy groups -OCH3 is 1. The summed E-state index contributed by atoms with van der Waals surface area (Å²) < 4.78 is 11.2. The van der Waals surface area contributed by atoms with E-state index >= 15 is 0 Å². The maximum absolute atomic E-state index is 8.60. The Balaban J connectivity index is 1.48. The van der Waals surface area contributed by atoms with Crippen LogP contribution in [0.2, 0.25) is 0 Å². The molecule has 0 spiro atoms. The zero-order chi connectivity index (χ0) is 16.8. The van der Waals surface area contributed by atoms with E-state index in [0.29, 0.717) is 13.0 Å². The van der Waals surface area contributed by atoms with Gasteiger partial charge in [-0.2, -0.15) is 5.26 Å². The fourth-order valence-corrected chi connectivity index (χ4v) is 4.31. The molecule has 2 bridgehead atoms. The van der Waals surface area contributed by atoms with Crippen LogP contribution in [-0.2, 0) is 6.54 Å². The van der Waals surface area contributed by atoms with Gasteiger partial charge in [0.15, 0.2) is 11.5 Å². The largest absolute Gasteiger partial charge is 0.493 e. The second-order valence-corrected chi connectivity index (χ2v) is 7.16. The summed E-state index contributed by atoms with van der Waals surface area (Å²) in [6.07, 6.45) is 7.06. The van der Waals surface area contributed by atoms with Crippen LogP contribution in [0.4, 0.5) is 0 Å². The van der Waals surface area contributed by atoms with Crippen LogP contribution in [0, 0.1) is 29.1 Å². The van der Waals surface area contributed by atoms with E-state index in [1.807, 2.05) is 6.07 Å². The summed E-state index contributed by atoms with van der Waals surface area (Å²) in [6.45, 7) is 2.55. The van der Waals surface area contributed by atoms with E-state index in [-0.39, 0.29) is 0 Å². The summed E-state index contributed by atoms with van der Waals surface area (Å²) in [5.74, 6) is 4.38. The van der Waals surface area contributed by atoms with Crippen molar-refractivity contribution in [3.63, 3.8) is 0 Å². The van der Waals surface area contributed by atoms with Gasteiger partial charge in [-0.15, -0.1) is 0 Å². The molecule has 0 amide bonds. The van der Waals surface area contributed by atoms with Gasteiger partial charge in [-0.05, 0) is 67.7 Å². The van der Waals surface area contributed by atoms with Crippen LogP contribution in [0.1, 0.15) is 44.1 Å². The van der Waals surface area contributed by atoms with Crippen molar-refractivity contribution in [3.05, 3.63) is 23.8 Å². The third-order valence-corrected chi connectivity index (χ3v) is 5.54. The van der Waals surface area contributed by atoms with Gasteiger partial charge in [0.05, 0.1) is 19.8 Å². The second kappa shape index (κ2) is 8.39. The molecular formula is C20H28N2O2. The van der Waals surface area contributed by atoms with Crippen LogP contribution in [0.15, 0.2) is 18.2 Å². The van der Waals surface area contributed by atoms with E-state index < -0.39 is 0 Å². The zero-order valence-electron chi connectivity index (χ0n) is 14.6. The number of nitrogens with zero attached hydrogens (tertiary/aromatic N) is 1. The highest BCUT2D eigenvalue weighted by Gasteiger charge is 2.38. The predicted octanol–water partition coefficient (Wildman–Crippen LogP) is 3.90. The lowest BCUT2D eigenvalue weighted by Crippen LogP contribution is -2.26. The first-order valence-electron chi connectivity index (χ1n) is 9.17. The summed E-state index contributed by atoms with van der Waals surface area (Å²) in [6, 6.07) is 8.25. The average molecular weight is 328 g/mol. The van der Waals surface area contributed by atoms with E-state index in [9.17, 15) is 0 Å². The number of nitriles is 1. The molecule has 24 heavy (non-hydrogen) atoms. The lowest BCUT2D eigenvalue weighted by molar-refractivity contribution is 0.290. The third kappa shape index (κ3) is 4.21. The summed E-state index contributed by atoms with van der Waals surface area (Å²) in [5, 5.41) is 12.2. The Morgan fingerprint density at radius 1 is 1.25 bits per heavy atom. The second-order valence-electron chi connectivity index (χ2n) is 7.16. The molecule has 0 heterocycles. The highest BCUT2D eigenvalue weighted by Crippen LogP contribution is 2.47. The zero-order valence-corrected chi connectivity index (χ0v) is 14.6. The van der Waals surface area contributed by atoms with Gasteiger partial charge in [0.1, 0.15) is 0 Å². The number of ether oxygens (including phenoxy) is 2. The molecule has 1 aromatic rings. The van der Waals surface area contributed by atoms with E-state index in [1.54, 1.807) is 7.11 Å². The molecule has 0 radical (unpaired) electrons. The Bertz CT molecular complexity index is 581. The Morgan fingerprint density at radius 2 is 2.17 bits per heavy atom. The Hall–Kier alpha value is -1.73. The Morgan fingerprint density at radius 3 is 2.88 bits per heavy atom. The van der Waals surface area contributed by atoms with Crippen molar-refractivity contribution >= 4 is 0 Å². The molecule has 130 valence electrons. The lowest BCUT2D eigenvalue weighted by atomic mass is 9.89. The number of hydrogen-bond donors (Lipinski definition) is 1. The van der Waals surface area contributed by atoms with Gasteiger partial charge in [0, 0.05) is 13.0 Å². The maximum Gasteiger partial charge on any atom is 0.161 e. The molecule has 2 saturated carbocycles. The minimum atomic E-state index is 0.521. The number of rotatable bonds is 9. The molecule has 0 aliphatic heterocycles. The van der Waals surface area contributed by atoms with Gasteiger partial charge >= 0.3 is 0 Å². The summed E-state index contributed by atoms with van der Waals surface area (Å²) >= 11 is 0. The molecule has 0 aromatic heterocycles. The van der Waals surface area contributed by atoms with Crippen molar-refractivity contribution in [3.8, 4) is 17.6 Å². The molecule has 4 heteroatoms. The molecule has 0 saturated heterocycles. The third-order valence-electron chi connectivity index (χ3n) is 5.54. The van der Waals surface area contributed by atoms with Crippen LogP contribution >= 0.6 is 0 Å². The smallest absolute Gasteiger partial charge is 0.161 e. The van der Waals surface area contributed by atoms with Crippen LogP contribution in [-0.4, -0.2) is 20.3 Å². The Labute approximate surface area is 145 Å². The highest BCUT2D eigenvalue weighted by molar-refractivity contribution is 5.42. The molecule has 2 fully saturated rings. The van der Waals surface area contributed by atoms with Crippen LogP contribution in [0.3, 0.4) is 0 Å². The fourth-order valence-electron chi connectivity index (χ4n) is 4.31. The maximum atomic E-state index is 8.60. The van der Waals surface area contributed by atoms with Crippen LogP contribution in [0.5, 0.6) is 11.5 Å². The standard InChI is InChI=1S/C20H28N2O2/c1-23-19-7-5-16(12-20(19)24-9-3-2-8-21)13-22-14-18-11-15-4-6-17(18)10-15/h5,7,12,15,17-18,22H,2-4,6,9-11,13-14H2,1H3. The number of fused-ring (bicyclic) bond motifs is 2. The van der Waals surface area contributed by atoms with Crippen LogP contribution < -0.4 is 14.8 Å². The van der Waals surface area contributed by atoms with Crippen molar-refractivity contribution in [1.29, 1.82) is 5.26 Å². The van der Waals surface area contributed by atoms with Crippen molar-refractivity contribution in [2.45, 2.75) is 45.1 Å². The van der Waals surface area contributed by atoms with Crippen molar-refractivity contribution in [2.75, 3.05) is 20.3 Å². The van der Waals surface area contributed by atoms with Gasteiger partial charge in [-0.3, -0.25) is 0 Å². The summed E-state index contributed by atoms with van der Waals surface area (Å²) in [5.41, 5.74) is 1.22. The minimum absolute atomic E-state index is 0.521. The first-order chi connectivity index (χ1) is 11.8. The average Bonchev–Trinajstić information content (AvgIpc) is 3.22. The topological polar surface area (TPSA) is 54.3 Å². The number of unbranched alkanes of at least 4 members (excludes halogenated alkanes) is 1. The van der Waals surface area contributed by atoms with Gasteiger partial charge < -0.3 is 14.8 Å². The Kier molecular flexibility index (Phi) is 5.98. The van der Waals surface area contributed by atoms with Gasteiger partial charge in [0.25, 0.3) is 0 Å². The number of nitrogens with one attached hydrogen (secondary N) is 1. The first-order valence-corrected chi connectivity index (χ1v) is 9.17. The molecule has 4 nitrogen and oxygen atoms in total. The quantitative estimate of drug-likeness (QED) is 0.698. The van der Waals surface area contributed by atoms with Crippen molar-refractivity contribution < 1.29 is 9.47 Å². The van der Waals surface area contributed by atoms with E-state index in [0.717, 1.165) is 48.8 Å². The van der Waals surface area contributed by atoms with Crippen molar-refractivity contribution in [1.82, 2.24) is 5.32 Å².